The maximum absolute atomic E-state index is 12.2. The third-order valence-electron chi connectivity index (χ3n) is 2.32. The van der Waals surface area contributed by atoms with Crippen LogP contribution in [0, 0.1) is 0 Å². The summed E-state index contributed by atoms with van der Waals surface area (Å²) in [4.78, 5) is 22.2. The Morgan fingerprint density at radius 1 is 1.32 bits per heavy atom. The highest BCUT2D eigenvalue weighted by molar-refractivity contribution is 6.34. The molecule has 0 radical (unpaired) electrons. The molecule has 1 aromatic carbocycles. The molecule has 1 unspecified atom stereocenters. The van der Waals surface area contributed by atoms with Gasteiger partial charge in [0.2, 0.25) is 0 Å². The van der Waals surface area contributed by atoms with E-state index in [0.29, 0.717) is 0 Å². The number of benzene rings is 1. The lowest BCUT2D eigenvalue weighted by molar-refractivity contribution is -0.160. The van der Waals surface area contributed by atoms with Gasteiger partial charge in [-0.2, -0.15) is 13.2 Å². The van der Waals surface area contributed by atoms with Crippen molar-refractivity contribution >= 4 is 35.1 Å². The number of carbonyl (C=O) groups is 2. The van der Waals surface area contributed by atoms with Crippen molar-refractivity contribution < 1.29 is 32.6 Å². The quantitative estimate of drug-likeness (QED) is 0.818. The standard InChI is InChI=1S/C12H10Cl2F3NO4/c13-6-1-2-7(14)9(3-6)22-5-10(19)18-8(11(20)21)4-12(15,16)17/h1-3,8H,4-5H2,(H,18,19)(H,20,21). The normalized spacial score (nSPS) is 12.6. The largest absolute Gasteiger partial charge is 0.482 e. The van der Waals surface area contributed by atoms with E-state index in [2.05, 4.69) is 0 Å². The van der Waals surface area contributed by atoms with Crippen LogP contribution in [0.25, 0.3) is 0 Å². The van der Waals surface area contributed by atoms with Crippen molar-refractivity contribution in [1.82, 2.24) is 5.32 Å². The molecule has 5 nitrogen and oxygen atoms in total. The van der Waals surface area contributed by atoms with Crippen LogP contribution in [0.2, 0.25) is 10.0 Å². The Balaban J connectivity index is 2.61. The third kappa shape index (κ3) is 6.40. The van der Waals surface area contributed by atoms with Gasteiger partial charge in [0.15, 0.2) is 6.61 Å². The first-order valence-electron chi connectivity index (χ1n) is 5.75. The molecule has 0 heterocycles. The van der Waals surface area contributed by atoms with Crippen LogP contribution in [0.4, 0.5) is 13.2 Å². The van der Waals surface area contributed by atoms with Gasteiger partial charge in [-0.3, -0.25) is 4.79 Å². The van der Waals surface area contributed by atoms with Crippen molar-refractivity contribution in [2.24, 2.45) is 0 Å². The summed E-state index contributed by atoms with van der Waals surface area (Å²) in [6.45, 7) is -0.707. The lowest BCUT2D eigenvalue weighted by Gasteiger charge is -2.16. The van der Waals surface area contributed by atoms with E-state index in [1.807, 2.05) is 0 Å². The molecule has 1 rings (SSSR count). The number of amides is 1. The summed E-state index contributed by atoms with van der Waals surface area (Å²) in [5.74, 6) is -2.79. The molecular formula is C12H10Cl2F3NO4. The van der Waals surface area contributed by atoms with E-state index in [9.17, 15) is 22.8 Å². The van der Waals surface area contributed by atoms with E-state index in [1.165, 1.54) is 18.2 Å². The van der Waals surface area contributed by atoms with Crippen LogP contribution in [0.15, 0.2) is 18.2 Å². The van der Waals surface area contributed by atoms with Crippen molar-refractivity contribution in [3.05, 3.63) is 28.2 Å². The fraction of sp³-hybridized carbons (Fsp3) is 0.333. The Morgan fingerprint density at radius 2 is 1.95 bits per heavy atom. The van der Waals surface area contributed by atoms with Gasteiger partial charge < -0.3 is 15.2 Å². The number of alkyl halides is 3. The number of carboxylic acid groups (broad SMARTS) is 1. The fourth-order valence-electron chi connectivity index (χ4n) is 1.40. The predicted octanol–water partition coefficient (Wildman–Crippen LogP) is 2.89. The molecule has 0 aliphatic heterocycles. The number of carbonyl (C=O) groups excluding carboxylic acids is 1. The number of aliphatic carboxylic acids is 1. The molecule has 122 valence electrons. The molecule has 0 aliphatic rings. The molecule has 0 aliphatic carbocycles. The first-order chi connectivity index (χ1) is 10.1. The number of hydrogen-bond acceptors (Lipinski definition) is 3. The van der Waals surface area contributed by atoms with Crippen LogP contribution in [0.5, 0.6) is 5.75 Å². The summed E-state index contributed by atoms with van der Waals surface area (Å²) in [5.41, 5.74) is 0. The molecule has 0 saturated heterocycles. The summed E-state index contributed by atoms with van der Waals surface area (Å²) in [6, 6.07) is 2.09. The molecule has 0 spiro atoms. The summed E-state index contributed by atoms with van der Waals surface area (Å²) >= 11 is 11.5. The van der Waals surface area contributed by atoms with Gasteiger partial charge in [0.1, 0.15) is 11.8 Å². The van der Waals surface area contributed by atoms with E-state index in [0.717, 1.165) is 0 Å². The minimum Gasteiger partial charge on any atom is -0.482 e. The topological polar surface area (TPSA) is 75.6 Å². The Kier molecular flexibility index (Phi) is 6.31. The monoisotopic (exact) mass is 359 g/mol. The zero-order valence-corrected chi connectivity index (χ0v) is 12.3. The number of ether oxygens (including phenoxy) is 1. The van der Waals surface area contributed by atoms with Gasteiger partial charge in [0.05, 0.1) is 11.4 Å². The lowest BCUT2D eigenvalue weighted by Crippen LogP contribution is -2.45. The average Bonchev–Trinajstić information content (AvgIpc) is 2.37. The molecule has 0 bridgehead atoms. The van der Waals surface area contributed by atoms with Gasteiger partial charge in [-0.25, -0.2) is 4.79 Å². The highest BCUT2D eigenvalue weighted by atomic mass is 35.5. The molecule has 0 fully saturated rings. The molecule has 1 aromatic rings. The smallest absolute Gasteiger partial charge is 0.391 e. The van der Waals surface area contributed by atoms with Crippen molar-refractivity contribution in [3.8, 4) is 5.75 Å². The predicted molar refractivity (Wildman–Crippen MR) is 72.2 cm³/mol. The van der Waals surface area contributed by atoms with Crippen molar-refractivity contribution in [1.29, 1.82) is 0 Å². The van der Waals surface area contributed by atoms with Crippen LogP contribution >= 0.6 is 23.2 Å². The molecule has 2 N–H and O–H groups in total. The minimum absolute atomic E-state index is 0.0482. The molecule has 10 heteroatoms. The highest BCUT2D eigenvalue weighted by Gasteiger charge is 2.36. The maximum Gasteiger partial charge on any atom is 0.391 e. The molecule has 22 heavy (non-hydrogen) atoms. The highest BCUT2D eigenvalue weighted by Crippen LogP contribution is 2.27. The minimum atomic E-state index is -4.73. The van der Waals surface area contributed by atoms with E-state index < -0.39 is 37.1 Å². The second-order valence-corrected chi connectivity index (χ2v) is 4.98. The number of halogens is 5. The first kappa shape index (κ1) is 18.4. The Bertz CT molecular complexity index is 566. The summed E-state index contributed by atoms with van der Waals surface area (Å²) in [5, 5.41) is 10.8. The van der Waals surface area contributed by atoms with Crippen molar-refractivity contribution in [2.45, 2.75) is 18.6 Å². The van der Waals surface area contributed by atoms with Crippen LogP contribution < -0.4 is 10.1 Å². The molecule has 0 aromatic heterocycles. The molecule has 0 saturated carbocycles. The lowest BCUT2D eigenvalue weighted by atomic mass is 10.2. The Hall–Kier alpha value is -1.67. The van der Waals surface area contributed by atoms with E-state index in [4.69, 9.17) is 33.0 Å². The van der Waals surface area contributed by atoms with Gasteiger partial charge in [-0.15, -0.1) is 0 Å². The van der Waals surface area contributed by atoms with Gasteiger partial charge >= 0.3 is 12.1 Å². The maximum atomic E-state index is 12.2. The zero-order valence-electron chi connectivity index (χ0n) is 10.8. The fourth-order valence-corrected chi connectivity index (χ4v) is 1.73. The van der Waals surface area contributed by atoms with Crippen LogP contribution in [0.1, 0.15) is 6.42 Å². The molecular weight excluding hydrogens is 350 g/mol. The second-order valence-electron chi connectivity index (χ2n) is 4.14. The summed E-state index contributed by atoms with van der Waals surface area (Å²) in [6.07, 6.45) is -6.42. The Labute approximate surface area is 133 Å². The number of hydrogen-bond donors (Lipinski definition) is 2. The van der Waals surface area contributed by atoms with Gasteiger partial charge in [0, 0.05) is 11.1 Å². The van der Waals surface area contributed by atoms with Crippen LogP contribution in [-0.4, -0.2) is 35.8 Å². The summed E-state index contributed by atoms with van der Waals surface area (Å²) < 4.78 is 41.5. The average molecular weight is 360 g/mol. The molecule has 1 amide bonds. The van der Waals surface area contributed by atoms with Gasteiger partial charge in [-0.05, 0) is 12.1 Å². The van der Waals surface area contributed by atoms with Crippen molar-refractivity contribution in [2.75, 3.05) is 6.61 Å². The number of rotatable bonds is 6. The van der Waals surface area contributed by atoms with Gasteiger partial charge in [0.25, 0.3) is 5.91 Å². The zero-order chi connectivity index (χ0) is 16.9. The SMILES string of the molecule is O=C(COc1cc(Cl)ccc1Cl)NC(CC(F)(F)F)C(=O)O. The van der Waals surface area contributed by atoms with Crippen LogP contribution in [0.3, 0.4) is 0 Å². The Morgan fingerprint density at radius 3 is 2.50 bits per heavy atom. The van der Waals surface area contributed by atoms with Crippen molar-refractivity contribution in [3.63, 3.8) is 0 Å². The molecule has 1 atom stereocenters. The number of nitrogens with one attached hydrogen (secondary N) is 1. The van der Waals surface area contributed by atoms with Gasteiger partial charge in [-0.1, -0.05) is 23.2 Å². The number of carboxylic acids is 1. The first-order valence-corrected chi connectivity index (χ1v) is 6.51. The van der Waals surface area contributed by atoms with E-state index in [-0.39, 0.29) is 15.8 Å². The second kappa shape index (κ2) is 7.55. The summed E-state index contributed by atoms with van der Waals surface area (Å²) in [7, 11) is 0. The third-order valence-corrected chi connectivity index (χ3v) is 2.87. The van der Waals surface area contributed by atoms with E-state index >= 15 is 0 Å². The van der Waals surface area contributed by atoms with E-state index in [1.54, 1.807) is 5.32 Å². The van der Waals surface area contributed by atoms with Crippen LogP contribution in [-0.2, 0) is 9.59 Å².